The number of methoxy groups -OCH3 is 2. The number of carbonyl (C=O) groups excluding carboxylic acids is 1. The molecule has 0 aliphatic rings. The van der Waals surface area contributed by atoms with E-state index in [0.717, 1.165) is 18.2 Å². The molecule has 0 aromatic heterocycles. The van der Waals surface area contributed by atoms with Crippen molar-refractivity contribution in [3.63, 3.8) is 0 Å². The molecule has 174 valence electrons. The summed E-state index contributed by atoms with van der Waals surface area (Å²) in [6.45, 7) is 0. The highest BCUT2D eigenvalue weighted by Gasteiger charge is 2.22. The van der Waals surface area contributed by atoms with Gasteiger partial charge in [0, 0.05) is 11.6 Å². The zero-order valence-corrected chi connectivity index (χ0v) is 18.0. The molecule has 0 saturated heterocycles. The van der Waals surface area contributed by atoms with Gasteiger partial charge in [-0.05, 0) is 54.1 Å². The Bertz CT molecular complexity index is 1260. The Morgan fingerprint density at radius 1 is 0.882 bits per heavy atom. The quantitative estimate of drug-likeness (QED) is 0.281. The van der Waals surface area contributed by atoms with Crippen molar-refractivity contribution in [1.82, 2.24) is 5.43 Å². The number of ether oxygens (including phenoxy) is 3. The van der Waals surface area contributed by atoms with E-state index in [1.54, 1.807) is 30.3 Å². The van der Waals surface area contributed by atoms with Crippen molar-refractivity contribution >= 4 is 23.5 Å². The van der Waals surface area contributed by atoms with Crippen molar-refractivity contribution in [2.45, 2.75) is 0 Å². The van der Waals surface area contributed by atoms with E-state index in [2.05, 4.69) is 10.5 Å². The van der Waals surface area contributed by atoms with Gasteiger partial charge in [0.2, 0.25) is 5.75 Å². The maximum atomic E-state index is 12.2. The lowest BCUT2D eigenvalue weighted by Gasteiger charge is -2.11. The van der Waals surface area contributed by atoms with Crippen LogP contribution in [0.5, 0.6) is 23.0 Å². The number of hydrogen-bond acceptors (Lipinski definition) is 9. The number of nitrogens with one attached hydrogen (secondary N) is 1. The second-order valence-corrected chi connectivity index (χ2v) is 6.61. The minimum Gasteiger partial charge on any atom is -0.497 e. The number of nitro groups is 2. The number of hydrogen-bond donors (Lipinski definition) is 1. The molecule has 12 nitrogen and oxygen atoms in total. The van der Waals surface area contributed by atoms with Gasteiger partial charge in [0.15, 0.2) is 11.5 Å². The maximum absolute atomic E-state index is 12.2. The zero-order valence-electron chi connectivity index (χ0n) is 18.0. The summed E-state index contributed by atoms with van der Waals surface area (Å²) in [5.74, 6) is 0.365. The molecule has 0 bridgehead atoms. The first kappa shape index (κ1) is 23.7. The molecular weight excluding hydrogens is 448 g/mol. The smallest absolute Gasteiger partial charge is 0.318 e. The van der Waals surface area contributed by atoms with Crippen LogP contribution in [-0.4, -0.2) is 36.2 Å². The van der Waals surface area contributed by atoms with Crippen LogP contribution in [0.2, 0.25) is 0 Å². The Morgan fingerprint density at radius 2 is 1.59 bits per heavy atom. The third-order valence-corrected chi connectivity index (χ3v) is 4.49. The van der Waals surface area contributed by atoms with Gasteiger partial charge in [-0.2, -0.15) is 5.10 Å². The maximum Gasteiger partial charge on any atom is 0.318 e. The molecule has 0 aliphatic carbocycles. The zero-order chi connectivity index (χ0) is 24.7. The molecule has 0 fully saturated rings. The van der Waals surface area contributed by atoms with Gasteiger partial charge in [0.05, 0.1) is 36.3 Å². The van der Waals surface area contributed by atoms with Crippen molar-refractivity contribution in [2.24, 2.45) is 5.10 Å². The van der Waals surface area contributed by atoms with E-state index in [0.29, 0.717) is 16.9 Å². The molecule has 0 saturated carbocycles. The van der Waals surface area contributed by atoms with Gasteiger partial charge in [-0.3, -0.25) is 25.0 Å². The fraction of sp³-hybridized carbons (Fsp3) is 0.0909. The summed E-state index contributed by atoms with van der Waals surface area (Å²) in [6.07, 6.45) is 1.38. The van der Waals surface area contributed by atoms with Gasteiger partial charge in [0.25, 0.3) is 11.6 Å². The number of non-ortho nitro benzene ring substituents is 1. The molecule has 12 heteroatoms. The van der Waals surface area contributed by atoms with Crippen LogP contribution in [0.15, 0.2) is 65.8 Å². The molecule has 0 radical (unpaired) electrons. The average molecular weight is 466 g/mol. The monoisotopic (exact) mass is 466 g/mol. The number of hydrazone groups is 1. The topological polar surface area (TPSA) is 155 Å². The number of amides is 1. The predicted molar refractivity (Wildman–Crippen MR) is 121 cm³/mol. The minimum absolute atomic E-state index is 0.138. The van der Waals surface area contributed by atoms with Crippen LogP contribution in [0.1, 0.15) is 15.9 Å². The van der Waals surface area contributed by atoms with Crippen LogP contribution in [0, 0.1) is 20.2 Å². The summed E-state index contributed by atoms with van der Waals surface area (Å²) in [7, 11) is 2.90. The van der Waals surface area contributed by atoms with Gasteiger partial charge in [0.1, 0.15) is 5.75 Å². The average Bonchev–Trinajstić information content (AvgIpc) is 2.84. The normalized spacial score (nSPS) is 10.5. The molecular formula is C22H18N4O8. The van der Waals surface area contributed by atoms with Crippen molar-refractivity contribution < 1.29 is 28.9 Å². The van der Waals surface area contributed by atoms with E-state index in [1.807, 2.05) is 0 Å². The van der Waals surface area contributed by atoms with E-state index >= 15 is 0 Å². The highest BCUT2D eigenvalue weighted by Crippen LogP contribution is 2.38. The summed E-state index contributed by atoms with van der Waals surface area (Å²) < 4.78 is 15.9. The van der Waals surface area contributed by atoms with Crippen LogP contribution in [0.3, 0.4) is 0 Å². The fourth-order valence-electron chi connectivity index (χ4n) is 2.79. The summed E-state index contributed by atoms with van der Waals surface area (Å²) in [6, 6.07) is 14.1. The molecule has 1 amide bonds. The van der Waals surface area contributed by atoms with Gasteiger partial charge in [-0.15, -0.1) is 0 Å². The molecule has 0 spiro atoms. The van der Waals surface area contributed by atoms with Crippen LogP contribution < -0.4 is 19.6 Å². The summed E-state index contributed by atoms with van der Waals surface area (Å²) in [5.41, 5.74) is 2.33. The Hall–Kier alpha value is -5.00. The number of benzene rings is 3. The highest BCUT2D eigenvalue weighted by molar-refractivity contribution is 5.95. The number of carbonyl (C=O) groups is 1. The lowest BCUT2D eigenvalue weighted by atomic mass is 10.2. The molecule has 0 heterocycles. The van der Waals surface area contributed by atoms with Crippen LogP contribution in [0.4, 0.5) is 11.4 Å². The lowest BCUT2D eigenvalue weighted by Crippen LogP contribution is -2.17. The first-order valence-corrected chi connectivity index (χ1v) is 9.58. The van der Waals surface area contributed by atoms with Crippen molar-refractivity contribution in [1.29, 1.82) is 0 Å². The first-order chi connectivity index (χ1) is 16.3. The Morgan fingerprint density at radius 3 is 2.21 bits per heavy atom. The molecule has 1 N–H and O–H groups in total. The fourth-order valence-corrected chi connectivity index (χ4v) is 2.79. The lowest BCUT2D eigenvalue weighted by molar-refractivity contribution is -0.394. The van der Waals surface area contributed by atoms with Gasteiger partial charge in [-0.25, -0.2) is 5.43 Å². The molecule has 3 aromatic rings. The summed E-state index contributed by atoms with van der Waals surface area (Å²) >= 11 is 0. The van der Waals surface area contributed by atoms with Crippen LogP contribution in [0.25, 0.3) is 0 Å². The summed E-state index contributed by atoms with van der Waals surface area (Å²) in [5, 5.41) is 26.1. The van der Waals surface area contributed by atoms with E-state index in [-0.39, 0.29) is 17.2 Å². The Kier molecular flexibility index (Phi) is 7.34. The second-order valence-electron chi connectivity index (χ2n) is 6.61. The molecule has 0 unspecified atom stereocenters. The summed E-state index contributed by atoms with van der Waals surface area (Å²) in [4.78, 5) is 32.9. The van der Waals surface area contributed by atoms with E-state index in [9.17, 15) is 25.0 Å². The van der Waals surface area contributed by atoms with Crippen molar-refractivity contribution in [3.8, 4) is 23.0 Å². The first-order valence-electron chi connectivity index (χ1n) is 9.58. The molecule has 3 rings (SSSR count). The van der Waals surface area contributed by atoms with Crippen molar-refractivity contribution in [2.75, 3.05) is 14.2 Å². The van der Waals surface area contributed by atoms with Gasteiger partial charge >= 0.3 is 5.69 Å². The SMILES string of the molecule is COc1ccc(C(=O)N/N=C/c2ccc(Oc3ccc([N+](=O)[O-])cc3[N+](=O)[O-])c(OC)c2)cc1. The standard InChI is InChI=1S/C22H18N4O8/c1-32-17-7-4-15(5-8-17)22(27)24-23-13-14-3-9-20(21(11-14)33-2)34-19-10-6-16(25(28)29)12-18(19)26(30)31/h3-13H,1-2H3,(H,24,27)/b23-13+. The van der Waals surface area contributed by atoms with Gasteiger partial charge in [-0.1, -0.05) is 0 Å². The highest BCUT2D eigenvalue weighted by atomic mass is 16.6. The Labute approximate surface area is 192 Å². The predicted octanol–water partition coefficient (Wildman–Crippen LogP) is 4.08. The Balaban J connectivity index is 1.75. The number of nitro benzene ring substituents is 2. The van der Waals surface area contributed by atoms with Crippen molar-refractivity contribution in [3.05, 3.63) is 92.0 Å². The van der Waals surface area contributed by atoms with Gasteiger partial charge < -0.3 is 14.2 Å². The number of rotatable bonds is 9. The van der Waals surface area contributed by atoms with E-state index in [1.165, 1.54) is 32.6 Å². The third kappa shape index (κ3) is 5.62. The molecule has 0 aliphatic heterocycles. The molecule has 0 atom stereocenters. The van der Waals surface area contributed by atoms with E-state index < -0.39 is 27.1 Å². The number of nitrogens with zero attached hydrogens (tertiary/aromatic N) is 3. The minimum atomic E-state index is -0.776. The molecule has 34 heavy (non-hydrogen) atoms. The van der Waals surface area contributed by atoms with Crippen LogP contribution >= 0.6 is 0 Å². The van der Waals surface area contributed by atoms with Crippen LogP contribution in [-0.2, 0) is 0 Å². The largest absolute Gasteiger partial charge is 0.497 e. The second kappa shape index (κ2) is 10.5. The molecule has 3 aromatic carbocycles. The third-order valence-electron chi connectivity index (χ3n) is 4.49. The van der Waals surface area contributed by atoms with E-state index in [4.69, 9.17) is 14.2 Å².